The number of hydrogen-bond acceptors (Lipinski definition) is 6. The number of nitro groups is 1. The minimum atomic E-state index is -0.816. The van der Waals surface area contributed by atoms with Crippen LogP contribution in [-0.4, -0.2) is 37.7 Å². The molecule has 1 amide bonds. The van der Waals surface area contributed by atoms with Gasteiger partial charge in [-0.15, -0.1) is 0 Å². The Bertz CT molecular complexity index is 802. The standard InChI is InChI=1S/C18H18N2O5S2/c21-16(22)7-2-1-3-12-19-17(23)15(27-18(19)26)6-4-5-13-8-10-14(11-9-13)20(24)25/h4-6,8-11H,1-3,7,12H2,(H,21,22)/b5-4+,15-6+. The highest BCUT2D eigenvalue weighted by molar-refractivity contribution is 8.26. The summed E-state index contributed by atoms with van der Waals surface area (Å²) in [5.41, 5.74) is 0.808. The molecule has 1 heterocycles. The number of benzene rings is 1. The van der Waals surface area contributed by atoms with Gasteiger partial charge in [-0.05, 0) is 36.6 Å². The first-order valence-electron chi connectivity index (χ1n) is 8.27. The maximum atomic E-state index is 12.4. The molecule has 7 nitrogen and oxygen atoms in total. The molecule has 9 heteroatoms. The molecule has 0 spiro atoms. The summed E-state index contributed by atoms with van der Waals surface area (Å²) < 4.78 is 0.494. The van der Waals surface area contributed by atoms with Crippen molar-refractivity contribution in [3.05, 3.63) is 57.0 Å². The monoisotopic (exact) mass is 406 g/mol. The van der Waals surface area contributed by atoms with Crippen LogP contribution in [0.2, 0.25) is 0 Å². The minimum absolute atomic E-state index is 0.0244. The van der Waals surface area contributed by atoms with E-state index in [0.29, 0.717) is 28.6 Å². The largest absolute Gasteiger partial charge is 0.481 e. The van der Waals surface area contributed by atoms with Gasteiger partial charge < -0.3 is 5.11 Å². The van der Waals surface area contributed by atoms with Crippen LogP contribution in [0.25, 0.3) is 6.08 Å². The van der Waals surface area contributed by atoms with Crippen LogP contribution in [0.4, 0.5) is 5.69 Å². The number of carboxylic acid groups (broad SMARTS) is 1. The first kappa shape index (κ1) is 20.8. The van der Waals surface area contributed by atoms with Crippen LogP contribution < -0.4 is 0 Å². The van der Waals surface area contributed by atoms with E-state index in [1.807, 2.05) is 0 Å². The van der Waals surface area contributed by atoms with Gasteiger partial charge in [0.05, 0.1) is 9.83 Å². The van der Waals surface area contributed by atoms with E-state index in [1.54, 1.807) is 30.4 Å². The van der Waals surface area contributed by atoms with Gasteiger partial charge in [0, 0.05) is 25.1 Å². The lowest BCUT2D eigenvalue weighted by Gasteiger charge is -2.13. The van der Waals surface area contributed by atoms with Crippen molar-refractivity contribution >= 4 is 51.9 Å². The van der Waals surface area contributed by atoms with Crippen molar-refractivity contribution in [2.75, 3.05) is 6.54 Å². The Morgan fingerprint density at radius 2 is 1.96 bits per heavy atom. The Morgan fingerprint density at radius 3 is 2.59 bits per heavy atom. The fourth-order valence-corrected chi connectivity index (χ4v) is 3.64. The second-order valence-electron chi connectivity index (χ2n) is 5.77. The Labute approximate surface area is 165 Å². The van der Waals surface area contributed by atoms with Gasteiger partial charge in [0.15, 0.2) is 0 Å². The summed E-state index contributed by atoms with van der Waals surface area (Å²) in [5, 5.41) is 19.2. The Balaban J connectivity index is 1.89. The highest BCUT2D eigenvalue weighted by Crippen LogP contribution is 2.31. The number of thiocarbonyl (C=S) groups is 1. The summed E-state index contributed by atoms with van der Waals surface area (Å²) in [7, 11) is 0. The van der Waals surface area contributed by atoms with Gasteiger partial charge in [-0.3, -0.25) is 24.6 Å². The summed E-state index contributed by atoms with van der Waals surface area (Å²) in [6, 6.07) is 6.10. The molecule has 1 aromatic carbocycles. The van der Waals surface area contributed by atoms with E-state index < -0.39 is 10.9 Å². The number of aliphatic carboxylic acids is 1. The highest BCUT2D eigenvalue weighted by Gasteiger charge is 2.30. The zero-order valence-electron chi connectivity index (χ0n) is 14.4. The summed E-state index contributed by atoms with van der Waals surface area (Å²) >= 11 is 6.47. The lowest BCUT2D eigenvalue weighted by molar-refractivity contribution is -0.384. The lowest BCUT2D eigenvalue weighted by Crippen LogP contribution is -2.29. The average molecular weight is 406 g/mol. The normalized spacial score (nSPS) is 15.9. The van der Waals surface area contributed by atoms with E-state index >= 15 is 0 Å². The molecule has 142 valence electrons. The predicted octanol–water partition coefficient (Wildman–Crippen LogP) is 4.00. The number of carbonyl (C=O) groups excluding carboxylic acids is 1. The molecule has 0 radical (unpaired) electrons. The fourth-order valence-electron chi connectivity index (χ4n) is 2.38. The third kappa shape index (κ3) is 6.30. The number of amides is 1. The third-order valence-electron chi connectivity index (χ3n) is 3.79. The number of unbranched alkanes of at least 4 members (excludes halogenated alkanes) is 2. The van der Waals surface area contributed by atoms with Crippen molar-refractivity contribution in [3.63, 3.8) is 0 Å². The number of carbonyl (C=O) groups is 2. The zero-order valence-corrected chi connectivity index (χ0v) is 16.0. The highest BCUT2D eigenvalue weighted by atomic mass is 32.2. The molecule has 1 saturated heterocycles. The number of non-ortho nitro benzene ring substituents is 1. The summed E-state index contributed by atoms with van der Waals surface area (Å²) in [6.07, 6.45) is 7.27. The van der Waals surface area contributed by atoms with E-state index in [9.17, 15) is 19.7 Å². The molecule has 1 fully saturated rings. The molecule has 0 atom stereocenters. The Hall–Kier alpha value is -2.52. The van der Waals surface area contributed by atoms with Gasteiger partial charge in [0.2, 0.25) is 0 Å². The summed E-state index contributed by atoms with van der Waals surface area (Å²) in [4.78, 5) is 35.1. The number of thioether (sulfide) groups is 1. The average Bonchev–Trinajstić information content (AvgIpc) is 2.89. The van der Waals surface area contributed by atoms with E-state index in [-0.39, 0.29) is 18.0 Å². The van der Waals surface area contributed by atoms with Crippen molar-refractivity contribution < 1.29 is 19.6 Å². The number of allylic oxidation sites excluding steroid dienone is 2. The second kappa shape index (κ2) is 9.98. The van der Waals surface area contributed by atoms with Crippen molar-refractivity contribution in [1.82, 2.24) is 4.90 Å². The molecular formula is C18H18N2O5S2. The van der Waals surface area contributed by atoms with Gasteiger partial charge in [-0.25, -0.2) is 0 Å². The van der Waals surface area contributed by atoms with Crippen LogP contribution >= 0.6 is 24.0 Å². The topological polar surface area (TPSA) is 101 Å². The van der Waals surface area contributed by atoms with Gasteiger partial charge in [-0.2, -0.15) is 0 Å². The smallest absolute Gasteiger partial charge is 0.303 e. The Morgan fingerprint density at radius 1 is 1.26 bits per heavy atom. The van der Waals surface area contributed by atoms with Crippen LogP contribution in [0.5, 0.6) is 0 Å². The van der Waals surface area contributed by atoms with Crippen molar-refractivity contribution in [1.29, 1.82) is 0 Å². The minimum Gasteiger partial charge on any atom is -0.481 e. The third-order valence-corrected chi connectivity index (χ3v) is 5.18. The van der Waals surface area contributed by atoms with Crippen LogP contribution in [-0.2, 0) is 9.59 Å². The van der Waals surface area contributed by atoms with Crippen LogP contribution in [0.1, 0.15) is 31.2 Å². The summed E-state index contributed by atoms with van der Waals surface area (Å²) in [5.74, 6) is -0.972. The molecule has 0 bridgehead atoms. The fraction of sp³-hybridized carbons (Fsp3) is 0.278. The molecule has 2 rings (SSSR count). The number of carboxylic acids is 1. The molecule has 0 unspecified atom stereocenters. The maximum Gasteiger partial charge on any atom is 0.303 e. The van der Waals surface area contributed by atoms with Crippen LogP contribution in [0.15, 0.2) is 41.3 Å². The number of nitrogens with zero attached hydrogens (tertiary/aromatic N) is 2. The van der Waals surface area contributed by atoms with E-state index in [2.05, 4.69) is 0 Å². The number of hydrogen-bond donors (Lipinski definition) is 1. The molecule has 0 aliphatic carbocycles. The lowest BCUT2D eigenvalue weighted by atomic mass is 10.2. The molecule has 27 heavy (non-hydrogen) atoms. The molecule has 1 N–H and O–H groups in total. The zero-order chi connectivity index (χ0) is 19.8. The quantitative estimate of drug-likeness (QED) is 0.217. The molecule has 0 aromatic heterocycles. The van der Waals surface area contributed by atoms with E-state index in [0.717, 1.165) is 12.0 Å². The van der Waals surface area contributed by atoms with Crippen LogP contribution in [0.3, 0.4) is 0 Å². The van der Waals surface area contributed by atoms with Crippen molar-refractivity contribution in [2.45, 2.75) is 25.7 Å². The summed E-state index contributed by atoms with van der Waals surface area (Å²) in [6.45, 7) is 0.480. The number of rotatable bonds is 9. The maximum absolute atomic E-state index is 12.4. The molecular weight excluding hydrogens is 388 g/mol. The van der Waals surface area contributed by atoms with Gasteiger partial charge in [-0.1, -0.05) is 42.6 Å². The molecule has 0 saturated carbocycles. The SMILES string of the molecule is O=C(O)CCCCCN1C(=O)/C(=C\C=C\c2ccc([N+](=O)[O-])cc2)SC1=S. The second-order valence-corrected chi connectivity index (χ2v) is 7.44. The Kier molecular flexibility index (Phi) is 7.68. The van der Waals surface area contributed by atoms with Gasteiger partial charge in [0.25, 0.3) is 11.6 Å². The number of nitro benzene ring substituents is 1. The van der Waals surface area contributed by atoms with Crippen molar-refractivity contribution in [3.8, 4) is 0 Å². The van der Waals surface area contributed by atoms with Gasteiger partial charge >= 0.3 is 5.97 Å². The van der Waals surface area contributed by atoms with Crippen LogP contribution in [0, 0.1) is 10.1 Å². The molecule has 1 aromatic rings. The molecule has 1 aliphatic heterocycles. The first-order valence-corrected chi connectivity index (χ1v) is 9.49. The first-order chi connectivity index (χ1) is 12.9. The molecule has 1 aliphatic rings. The van der Waals surface area contributed by atoms with Crippen molar-refractivity contribution in [2.24, 2.45) is 0 Å². The van der Waals surface area contributed by atoms with E-state index in [1.165, 1.54) is 28.8 Å². The van der Waals surface area contributed by atoms with Gasteiger partial charge in [0.1, 0.15) is 4.32 Å². The predicted molar refractivity (Wildman–Crippen MR) is 108 cm³/mol. The van der Waals surface area contributed by atoms with E-state index in [4.69, 9.17) is 17.3 Å².